The van der Waals surface area contributed by atoms with Gasteiger partial charge in [-0.15, -0.1) is 0 Å². The third kappa shape index (κ3) is 1.96. The van der Waals surface area contributed by atoms with Crippen LogP contribution in [0.2, 0.25) is 0 Å². The van der Waals surface area contributed by atoms with Gasteiger partial charge in [-0.3, -0.25) is 4.79 Å². The summed E-state index contributed by atoms with van der Waals surface area (Å²) in [4.78, 5) is 16.1. The Labute approximate surface area is 134 Å². The third-order valence-electron chi connectivity index (χ3n) is 5.26. The Morgan fingerprint density at radius 2 is 2.09 bits per heavy atom. The van der Waals surface area contributed by atoms with Gasteiger partial charge in [0.2, 0.25) is 5.91 Å². The molecule has 1 amide bonds. The van der Waals surface area contributed by atoms with Crippen LogP contribution in [0.25, 0.3) is 5.69 Å². The number of aromatic nitrogens is 2. The number of hydrogen-bond acceptors (Lipinski definition) is 3. The number of benzene rings is 1. The highest BCUT2D eigenvalue weighted by Crippen LogP contribution is 2.33. The van der Waals surface area contributed by atoms with Crippen LogP contribution in [0.4, 0.5) is 0 Å². The maximum absolute atomic E-state index is 11.5. The summed E-state index contributed by atoms with van der Waals surface area (Å²) in [6.45, 7) is 0. The summed E-state index contributed by atoms with van der Waals surface area (Å²) in [5.41, 5.74) is 9.93. The van der Waals surface area contributed by atoms with E-state index in [1.165, 1.54) is 41.0 Å². The molecule has 116 valence electrons. The van der Waals surface area contributed by atoms with Crippen LogP contribution < -0.4 is 5.43 Å². The maximum atomic E-state index is 11.5. The van der Waals surface area contributed by atoms with Crippen molar-refractivity contribution in [3.63, 3.8) is 0 Å². The van der Waals surface area contributed by atoms with E-state index in [4.69, 9.17) is 0 Å². The van der Waals surface area contributed by atoms with Crippen LogP contribution in [0.5, 0.6) is 0 Å². The lowest BCUT2D eigenvalue weighted by Gasteiger charge is -2.15. The molecular formula is C18H18N4O. The number of carbonyl (C=O) groups excluding carboxylic acids is 1. The molecular weight excluding hydrogens is 288 g/mol. The summed E-state index contributed by atoms with van der Waals surface area (Å²) in [6.07, 6.45) is 8.12. The molecule has 2 aliphatic carbocycles. The lowest BCUT2D eigenvalue weighted by atomic mass is 9.99. The Hall–Kier alpha value is -2.43. The molecule has 3 aliphatic rings. The van der Waals surface area contributed by atoms with Gasteiger partial charge in [-0.1, -0.05) is 6.07 Å². The van der Waals surface area contributed by atoms with Crippen molar-refractivity contribution in [3.05, 3.63) is 47.0 Å². The SMILES string of the molecule is O=C1CC2Cc3cc(-n4cnc5c4CCCC5)ccc3C2=NN1. The molecule has 0 fully saturated rings. The molecule has 0 spiro atoms. The van der Waals surface area contributed by atoms with E-state index < -0.39 is 0 Å². The third-order valence-corrected chi connectivity index (χ3v) is 5.26. The Kier molecular flexibility index (Phi) is 2.71. The van der Waals surface area contributed by atoms with E-state index in [2.05, 4.69) is 38.3 Å². The molecule has 1 unspecified atom stereocenters. The van der Waals surface area contributed by atoms with E-state index in [0.717, 1.165) is 25.0 Å². The quantitative estimate of drug-likeness (QED) is 0.877. The topological polar surface area (TPSA) is 59.3 Å². The van der Waals surface area contributed by atoms with Crippen molar-refractivity contribution >= 4 is 11.6 Å². The predicted octanol–water partition coefficient (Wildman–Crippen LogP) is 2.15. The molecule has 0 saturated carbocycles. The second-order valence-corrected chi connectivity index (χ2v) is 6.69. The fourth-order valence-electron chi connectivity index (χ4n) is 4.13. The van der Waals surface area contributed by atoms with Gasteiger partial charge in [0.15, 0.2) is 0 Å². The van der Waals surface area contributed by atoms with E-state index in [1.807, 2.05) is 6.33 Å². The summed E-state index contributed by atoms with van der Waals surface area (Å²) in [5, 5.41) is 4.27. The first-order chi connectivity index (χ1) is 11.3. The molecule has 23 heavy (non-hydrogen) atoms. The second kappa shape index (κ2) is 4.78. The van der Waals surface area contributed by atoms with Crippen molar-refractivity contribution in [2.45, 2.75) is 38.5 Å². The van der Waals surface area contributed by atoms with Crippen molar-refractivity contribution in [2.75, 3.05) is 0 Å². The largest absolute Gasteiger partial charge is 0.303 e. The van der Waals surface area contributed by atoms with E-state index in [0.29, 0.717) is 6.42 Å². The number of nitrogens with one attached hydrogen (secondary N) is 1. The molecule has 5 heteroatoms. The summed E-state index contributed by atoms with van der Waals surface area (Å²) in [6, 6.07) is 6.55. The predicted molar refractivity (Wildman–Crippen MR) is 86.7 cm³/mol. The fourth-order valence-corrected chi connectivity index (χ4v) is 4.13. The van der Waals surface area contributed by atoms with Crippen LogP contribution in [-0.4, -0.2) is 21.2 Å². The molecule has 5 rings (SSSR count). The lowest BCUT2D eigenvalue weighted by Crippen LogP contribution is -2.31. The molecule has 0 bridgehead atoms. The number of nitrogens with zero attached hydrogens (tertiary/aromatic N) is 3. The number of imidazole rings is 1. The number of hydrogen-bond donors (Lipinski definition) is 1. The van der Waals surface area contributed by atoms with Crippen molar-refractivity contribution in [2.24, 2.45) is 11.0 Å². The van der Waals surface area contributed by atoms with Crippen molar-refractivity contribution in [1.82, 2.24) is 15.0 Å². The van der Waals surface area contributed by atoms with Crippen LogP contribution in [0.15, 0.2) is 29.6 Å². The number of rotatable bonds is 1. The minimum absolute atomic E-state index is 0.0236. The van der Waals surface area contributed by atoms with Gasteiger partial charge < -0.3 is 4.57 Å². The van der Waals surface area contributed by atoms with Crippen LogP contribution in [-0.2, 0) is 24.1 Å². The molecule has 1 atom stereocenters. The summed E-state index contributed by atoms with van der Waals surface area (Å²) >= 11 is 0. The normalized spacial score (nSPS) is 22.0. The summed E-state index contributed by atoms with van der Waals surface area (Å²) in [5.74, 6) is 0.265. The van der Waals surface area contributed by atoms with Crippen molar-refractivity contribution in [1.29, 1.82) is 0 Å². The Balaban J connectivity index is 1.56. The Bertz CT molecular complexity index is 849. The Morgan fingerprint density at radius 3 is 3.04 bits per heavy atom. The minimum Gasteiger partial charge on any atom is -0.303 e. The summed E-state index contributed by atoms with van der Waals surface area (Å²) in [7, 11) is 0. The average Bonchev–Trinajstić information content (AvgIpc) is 3.14. The number of hydrazone groups is 1. The molecule has 2 aromatic rings. The lowest BCUT2D eigenvalue weighted by molar-refractivity contribution is -0.121. The average molecular weight is 306 g/mol. The molecule has 1 aliphatic heterocycles. The van der Waals surface area contributed by atoms with Gasteiger partial charge >= 0.3 is 0 Å². The first kappa shape index (κ1) is 13.0. The van der Waals surface area contributed by atoms with Gasteiger partial charge in [-0.25, -0.2) is 10.4 Å². The number of fused-ring (bicyclic) bond motifs is 4. The molecule has 0 saturated heterocycles. The van der Waals surface area contributed by atoms with E-state index in [9.17, 15) is 4.79 Å². The van der Waals surface area contributed by atoms with Crippen molar-refractivity contribution in [3.8, 4) is 5.69 Å². The monoisotopic (exact) mass is 306 g/mol. The maximum Gasteiger partial charge on any atom is 0.240 e. The van der Waals surface area contributed by atoms with Crippen LogP contribution in [0.1, 0.15) is 41.8 Å². The van der Waals surface area contributed by atoms with Gasteiger partial charge in [0, 0.05) is 29.3 Å². The molecule has 1 aromatic heterocycles. The smallest absolute Gasteiger partial charge is 0.240 e. The first-order valence-corrected chi connectivity index (χ1v) is 8.35. The highest BCUT2D eigenvalue weighted by atomic mass is 16.2. The zero-order valence-corrected chi connectivity index (χ0v) is 12.9. The van der Waals surface area contributed by atoms with E-state index >= 15 is 0 Å². The van der Waals surface area contributed by atoms with Crippen LogP contribution in [0, 0.1) is 5.92 Å². The zero-order valence-electron chi connectivity index (χ0n) is 12.9. The van der Waals surface area contributed by atoms with Crippen LogP contribution in [0.3, 0.4) is 0 Å². The van der Waals surface area contributed by atoms with E-state index in [-0.39, 0.29) is 11.8 Å². The first-order valence-electron chi connectivity index (χ1n) is 8.35. The standard InChI is InChI=1S/C18H18N4O/c23-17-9-12-7-11-8-13(5-6-14(11)18(12)21-20-17)22-10-19-15-3-1-2-4-16(15)22/h5-6,8,10,12H,1-4,7,9H2,(H,20,23). The summed E-state index contributed by atoms with van der Waals surface area (Å²) < 4.78 is 2.24. The van der Waals surface area contributed by atoms with Crippen LogP contribution >= 0.6 is 0 Å². The van der Waals surface area contributed by atoms with Gasteiger partial charge in [0.1, 0.15) is 0 Å². The number of amides is 1. The molecule has 0 radical (unpaired) electrons. The second-order valence-electron chi connectivity index (χ2n) is 6.69. The number of carbonyl (C=O) groups is 1. The van der Waals surface area contributed by atoms with Gasteiger partial charge in [-0.2, -0.15) is 5.10 Å². The van der Waals surface area contributed by atoms with E-state index in [1.54, 1.807) is 0 Å². The van der Waals surface area contributed by atoms with Gasteiger partial charge in [0.25, 0.3) is 0 Å². The molecule has 5 nitrogen and oxygen atoms in total. The fraction of sp³-hybridized carbons (Fsp3) is 0.389. The Morgan fingerprint density at radius 1 is 1.17 bits per heavy atom. The highest BCUT2D eigenvalue weighted by molar-refractivity contribution is 6.09. The highest BCUT2D eigenvalue weighted by Gasteiger charge is 2.33. The number of aryl methyl sites for hydroxylation is 1. The molecule has 2 heterocycles. The molecule has 1 N–H and O–H groups in total. The van der Waals surface area contributed by atoms with Gasteiger partial charge in [0.05, 0.1) is 17.7 Å². The minimum atomic E-state index is 0.0236. The van der Waals surface area contributed by atoms with Crippen molar-refractivity contribution < 1.29 is 4.79 Å². The zero-order chi connectivity index (χ0) is 15.4. The van der Waals surface area contributed by atoms with Gasteiger partial charge in [-0.05, 0) is 49.8 Å². The molecule has 1 aromatic carbocycles.